The van der Waals surface area contributed by atoms with E-state index in [1.54, 1.807) is 18.7 Å². The molecule has 3 amide bonds. The second kappa shape index (κ2) is 5.90. The number of hydrogen-bond donors (Lipinski definition) is 3. The molecule has 108 valence electrons. The number of carbonyl (C=O) groups excluding carboxylic acids is 2. The largest absolute Gasteiger partial charge is 0.481 e. The molecule has 1 aliphatic heterocycles. The van der Waals surface area contributed by atoms with Crippen molar-refractivity contribution in [3.05, 3.63) is 0 Å². The SMILES string of the molecule is CC(CC(N)=O)NC(=O)N1CCC(C)(C(=O)O)CC1. The molecule has 1 atom stereocenters. The van der Waals surface area contributed by atoms with E-state index in [4.69, 9.17) is 10.8 Å². The maximum absolute atomic E-state index is 11.9. The van der Waals surface area contributed by atoms with Gasteiger partial charge in [-0.25, -0.2) is 4.79 Å². The van der Waals surface area contributed by atoms with Gasteiger partial charge >= 0.3 is 12.0 Å². The second-order valence-electron chi connectivity index (χ2n) is 5.37. The molecule has 0 spiro atoms. The molecule has 7 heteroatoms. The first kappa shape index (κ1) is 15.3. The summed E-state index contributed by atoms with van der Waals surface area (Å²) < 4.78 is 0. The van der Waals surface area contributed by atoms with Gasteiger partial charge in [-0.3, -0.25) is 9.59 Å². The third kappa shape index (κ3) is 4.11. The van der Waals surface area contributed by atoms with Gasteiger partial charge in [0.1, 0.15) is 0 Å². The lowest BCUT2D eigenvalue weighted by Crippen LogP contribution is -2.50. The van der Waals surface area contributed by atoms with Crippen molar-refractivity contribution in [2.75, 3.05) is 13.1 Å². The number of carboxylic acids is 1. The quantitative estimate of drug-likeness (QED) is 0.675. The Labute approximate surface area is 112 Å². The predicted octanol–water partition coefficient (Wildman–Crippen LogP) is 0.147. The van der Waals surface area contributed by atoms with Gasteiger partial charge in [-0.15, -0.1) is 0 Å². The van der Waals surface area contributed by atoms with Gasteiger partial charge in [-0.2, -0.15) is 0 Å². The zero-order valence-electron chi connectivity index (χ0n) is 11.3. The van der Waals surface area contributed by atoms with Crippen LogP contribution in [0.25, 0.3) is 0 Å². The Hall–Kier alpha value is -1.79. The fraction of sp³-hybridized carbons (Fsp3) is 0.750. The number of nitrogens with zero attached hydrogens (tertiary/aromatic N) is 1. The Morgan fingerprint density at radius 1 is 1.37 bits per heavy atom. The summed E-state index contributed by atoms with van der Waals surface area (Å²) in [6, 6.07) is -0.598. The number of nitrogens with two attached hydrogens (primary N) is 1. The van der Waals surface area contributed by atoms with Crippen molar-refractivity contribution >= 4 is 17.9 Å². The number of aliphatic carboxylic acids is 1. The van der Waals surface area contributed by atoms with Crippen LogP contribution in [0.3, 0.4) is 0 Å². The van der Waals surface area contributed by atoms with Gasteiger partial charge in [0.25, 0.3) is 0 Å². The Kier molecular flexibility index (Phi) is 4.74. The van der Waals surface area contributed by atoms with E-state index < -0.39 is 17.3 Å². The van der Waals surface area contributed by atoms with Crippen LogP contribution in [-0.4, -0.2) is 47.0 Å². The summed E-state index contributed by atoms with van der Waals surface area (Å²) in [7, 11) is 0. The maximum atomic E-state index is 11.9. The summed E-state index contributed by atoms with van der Waals surface area (Å²) in [6.07, 6.45) is 0.951. The number of amides is 3. The first-order valence-corrected chi connectivity index (χ1v) is 6.32. The van der Waals surface area contributed by atoms with Crippen LogP contribution in [-0.2, 0) is 9.59 Å². The molecule has 0 aromatic heterocycles. The molecular weight excluding hydrogens is 250 g/mol. The summed E-state index contributed by atoms with van der Waals surface area (Å²) in [6.45, 7) is 4.20. The number of carboxylic acid groups (broad SMARTS) is 1. The lowest BCUT2D eigenvalue weighted by atomic mass is 9.80. The molecule has 4 N–H and O–H groups in total. The number of primary amides is 1. The number of hydrogen-bond acceptors (Lipinski definition) is 3. The predicted molar refractivity (Wildman–Crippen MR) is 68.4 cm³/mol. The fourth-order valence-corrected chi connectivity index (χ4v) is 2.07. The van der Waals surface area contributed by atoms with E-state index in [1.807, 2.05) is 0 Å². The van der Waals surface area contributed by atoms with Crippen molar-refractivity contribution in [3.63, 3.8) is 0 Å². The highest BCUT2D eigenvalue weighted by Gasteiger charge is 2.38. The van der Waals surface area contributed by atoms with Crippen LogP contribution in [0.5, 0.6) is 0 Å². The van der Waals surface area contributed by atoms with E-state index in [0.717, 1.165) is 0 Å². The molecule has 19 heavy (non-hydrogen) atoms. The Morgan fingerprint density at radius 2 is 1.89 bits per heavy atom. The topological polar surface area (TPSA) is 113 Å². The molecule has 1 saturated heterocycles. The minimum absolute atomic E-state index is 0.0897. The molecule has 0 bridgehead atoms. The Bertz CT molecular complexity index is 375. The highest BCUT2D eigenvalue weighted by molar-refractivity contribution is 5.78. The number of rotatable bonds is 4. The monoisotopic (exact) mass is 271 g/mol. The van der Waals surface area contributed by atoms with Crippen molar-refractivity contribution in [3.8, 4) is 0 Å². The van der Waals surface area contributed by atoms with Crippen molar-refractivity contribution in [2.45, 2.75) is 39.2 Å². The van der Waals surface area contributed by atoms with Crippen LogP contribution in [0, 0.1) is 5.41 Å². The van der Waals surface area contributed by atoms with Gasteiger partial charge in [0, 0.05) is 25.6 Å². The van der Waals surface area contributed by atoms with Gasteiger partial charge in [0.2, 0.25) is 5.91 Å². The first-order chi connectivity index (χ1) is 8.74. The number of urea groups is 1. The third-order valence-electron chi connectivity index (χ3n) is 3.55. The number of likely N-dealkylation sites (tertiary alicyclic amines) is 1. The molecule has 1 heterocycles. The van der Waals surface area contributed by atoms with Crippen molar-refractivity contribution in [2.24, 2.45) is 11.1 Å². The average Bonchev–Trinajstić information content (AvgIpc) is 2.28. The van der Waals surface area contributed by atoms with Gasteiger partial charge in [-0.1, -0.05) is 0 Å². The Balaban J connectivity index is 2.45. The van der Waals surface area contributed by atoms with E-state index >= 15 is 0 Å². The van der Waals surface area contributed by atoms with Gasteiger partial charge in [0.15, 0.2) is 0 Å². The van der Waals surface area contributed by atoms with Crippen LogP contribution in [0.1, 0.15) is 33.1 Å². The molecule has 0 aliphatic carbocycles. The molecule has 0 saturated carbocycles. The van der Waals surface area contributed by atoms with Crippen molar-refractivity contribution in [1.82, 2.24) is 10.2 Å². The van der Waals surface area contributed by atoms with E-state index in [-0.39, 0.29) is 18.5 Å². The zero-order valence-corrected chi connectivity index (χ0v) is 11.3. The van der Waals surface area contributed by atoms with E-state index in [0.29, 0.717) is 25.9 Å². The minimum atomic E-state index is -0.824. The molecule has 0 aromatic carbocycles. The van der Waals surface area contributed by atoms with Crippen LogP contribution in [0.4, 0.5) is 4.79 Å². The lowest BCUT2D eigenvalue weighted by molar-refractivity contribution is -0.150. The summed E-state index contributed by atoms with van der Waals surface area (Å²) in [5.41, 5.74) is 4.29. The summed E-state index contributed by atoms with van der Waals surface area (Å²) >= 11 is 0. The molecule has 1 rings (SSSR count). The number of piperidine rings is 1. The van der Waals surface area contributed by atoms with Crippen molar-refractivity contribution in [1.29, 1.82) is 0 Å². The van der Waals surface area contributed by atoms with Crippen LogP contribution in [0.15, 0.2) is 0 Å². The maximum Gasteiger partial charge on any atom is 0.317 e. The van der Waals surface area contributed by atoms with Crippen LogP contribution in [0.2, 0.25) is 0 Å². The highest BCUT2D eigenvalue weighted by atomic mass is 16.4. The van der Waals surface area contributed by atoms with Gasteiger partial charge < -0.3 is 21.1 Å². The fourth-order valence-electron chi connectivity index (χ4n) is 2.07. The number of nitrogens with one attached hydrogen (secondary N) is 1. The number of carbonyl (C=O) groups is 3. The molecule has 0 aromatic rings. The highest BCUT2D eigenvalue weighted by Crippen LogP contribution is 2.30. The average molecular weight is 271 g/mol. The summed E-state index contributed by atoms with van der Waals surface area (Å²) in [5.74, 6) is -1.29. The molecule has 1 aliphatic rings. The minimum Gasteiger partial charge on any atom is -0.481 e. The van der Waals surface area contributed by atoms with E-state index in [2.05, 4.69) is 5.32 Å². The summed E-state index contributed by atoms with van der Waals surface area (Å²) in [4.78, 5) is 35.3. The third-order valence-corrected chi connectivity index (χ3v) is 3.55. The van der Waals surface area contributed by atoms with E-state index in [9.17, 15) is 14.4 Å². The van der Waals surface area contributed by atoms with Crippen molar-refractivity contribution < 1.29 is 19.5 Å². The molecule has 1 unspecified atom stereocenters. The standard InChI is InChI=1S/C12H21N3O4/c1-8(7-9(13)16)14-11(19)15-5-3-12(2,4-6-15)10(17)18/h8H,3-7H2,1-2H3,(H2,13,16)(H,14,19)(H,17,18). The summed E-state index contributed by atoms with van der Waals surface area (Å²) in [5, 5.41) is 11.8. The normalized spacial score (nSPS) is 19.6. The molecular formula is C12H21N3O4. The van der Waals surface area contributed by atoms with E-state index in [1.165, 1.54) is 0 Å². The molecule has 7 nitrogen and oxygen atoms in total. The second-order valence-corrected chi connectivity index (χ2v) is 5.37. The van der Waals surface area contributed by atoms with Crippen LogP contribution >= 0.6 is 0 Å². The van der Waals surface area contributed by atoms with Crippen LogP contribution < -0.4 is 11.1 Å². The first-order valence-electron chi connectivity index (χ1n) is 6.32. The molecule has 0 radical (unpaired) electrons. The Morgan fingerprint density at radius 3 is 2.32 bits per heavy atom. The molecule has 1 fully saturated rings. The smallest absolute Gasteiger partial charge is 0.317 e. The zero-order chi connectivity index (χ0) is 14.6. The van der Waals surface area contributed by atoms with Gasteiger partial charge in [0.05, 0.1) is 5.41 Å². The van der Waals surface area contributed by atoms with Gasteiger partial charge in [-0.05, 0) is 26.7 Å². The lowest BCUT2D eigenvalue weighted by Gasteiger charge is -2.36.